The molecule has 0 radical (unpaired) electrons. The van der Waals surface area contributed by atoms with Crippen LogP contribution in [-0.4, -0.2) is 33.9 Å². The van der Waals surface area contributed by atoms with Crippen LogP contribution in [0.1, 0.15) is 18.4 Å². The van der Waals surface area contributed by atoms with Crippen LogP contribution < -0.4 is 10.1 Å². The van der Waals surface area contributed by atoms with Crippen molar-refractivity contribution in [2.45, 2.75) is 19.4 Å². The summed E-state index contributed by atoms with van der Waals surface area (Å²) >= 11 is 11.9. The SMILES string of the molecule is O=C(Nc1cc(COc2ccc([N+](=O)[O-])c(Cl)c2Cl)ccn1)N1CCCC1. The van der Waals surface area contributed by atoms with Gasteiger partial charge in [0.2, 0.25) is 0 Å². The summed E-state index contributed by atoms with van der Waals surface area (Å²) in [5.74, 6) is 0.646. The number of likely N-dealkylation sites (tertiary alicyclic amines) is 1. The van der Waals surface area contributed by atoms with Crippen molar-refractivity contribution in [3.63, 3.8) is 0 Å². The van der Waals surface area contributed by atoms with Crippen LogP contribution in [0.3, 0.4) is 0 Å². The number of pyridine rings is 1. The predicted octanol–water partition coefficient (Wildman–Crippen LogP) is 4.50. The van der Waals surface area contributed by atoms with E-state index in [2.05, 4.69) is 10.3 Å². The van der Waals surface area contributed by atoms with E-state index in [9.17, 15) is 14.9 Å². The van der Waals surface area contributed by atoms with E-state index in [0.29, 0.717) is 5.82 Å². The number of amides is 2. The van der Waals surface area contributed by atoms with Crippen LogP contribution in [0.25, 0.3) is 0 Å². The van der Waals surface area contributed by atoms with E-state index in [4.69, 9.17) is 27.9 Å². The molecule has 1 aliphatic rings. The molecule has 1 aliphatic heterocycles. The molecule has 1 aromatic carbocycles. The Kier molecular flexibility index (Phi) is 5.98. The van der Waals surface area contributed by atoms with Crippen molar-refractivity contribution in [2.75, 3.05) is 18.4 Å². The van der Waals surface area contributed by atoms with Crippen molar-refractivity contribution in [3.8, 4) is 5.75 Å². The number of carbonyl (C=O) groups excluding carboxylic acids is 1. The van der Waals surface area contributed by atoms with Gasteiger partial charge in [0.1, 0.15) is 28.2 Å². The summed E-state index contributed by atoms with van der Waals surface area (Å²) in [5, 5.41) is 13.4. The Balaban J connectivity index is 1.65. The van der Waals surface area contributed by atoms with Crippen molar-refractivity contribution >= 4 is 40.7 Å². The molecule has 3 rings (SSSR count). The zero-order chi connectivity index (χ0) is 19.4. The molecule has 8 nitrogen and oxygen atoms in total. The second-order valence-electron chi connectivity index (χ2n) is 5.93. The van der Waals surface area contributed by atoms with Gasteiger partial charge in [0, 0.05) is 25.4 Å². The summed E-state index contributed by atoms with van der Waals surface area (Å²) in [6, 6.07) is 5.87. The van der Waals surface area contributed by atoms with Crippen LogP contribution in [0.2, 0.25) is 10.0 Å². The molecule has 1 N–H and O–H groups in total. The van der Waals surface area contributed by atoms with E-state index in [-0.39, 0.29) is 34.1 Å². The van der Waals surface area contributed by atoms with Gasteiger partial charge in [0.05, 0.1) is 4.92 Å². The molecule has 0 unspecified atom stereocenters. The maximum Gasteiger partial charge on any atom is 0.323 e. The molecule has 2 amide bonds. The highest BCUT2D eigenvalue weighted by Crippen LogP contribution is 2.38. The monoisotopic (exact) mass is 410 g/mol. The maximum absolute atomic E-state index is 12.1. The number of nitrogens with one attached hydrogen (secondary N) is 1. The zero-order valence-electron chi connectivity index (χ0n) is 14.2. The minimum absolute atomic E-state index is 0.0255. The highest BCUT2D eigenvalue weighted by Gasteiger charge is 2.20. The smallest absolute Gasteiger partial charge is 0.323 e. The van der Waals surface area contributed by atoms with Gasteiger partial charge in [0.15, 0.2) is 0 Å². The molecule has 1 saturated heterocycles. The summed E-state index contributed by atoms with van der Waals surface area (Å²) in [5.41, 5.74) is 0.456. The minimum atomic E-state index is -0.615. The third-order valence-electron chi connectivity index (χ3n) is 4.07. The molecule has 0 aliphatic carbocycles. The van der Waals surface area contributed by atoms with Gasteiger partial charge in [-0.25, -0.2) is 9.78 Å². The molecule has 2 aromatic rings. The van der Waals surface area contributed by atoms with Gasteiger partial charge in [-0.05, 0) is 36.6 Å². The van der Waals surface area contributed by atoms with Crippen LogP contribution in [0.15, 0.2) is 30.5 Å². The molecule has 0 atom stereocenters. The standard InChI is InChI=1S/C17H16Cl2N4O4/c18-15-12(23(25)26)3-4-13(16(15)19)27-10-11-5-6-20-14(9-11)21-17(24)22-7-1-2-8-22/h3-6,9H,1-2,7-8,10H2,(H,20,21,24). The topological polar surface area (TPSA) is 97.6 Å². The molecule has 0 saturated carbocycles. The van der Waals surface area contributed by atoms with Crippen molar-refractivity contribution in [3.05, 3.63) is 56.2 Å². The van der Waals surface area contributed by atoms with Crippen molar-refractivity contribution < 1.29 is 14.5 Å². The maximum atomic E-state index is 12.1. The van der Waals surface area contributed by atoms with Gasteiger partial charge in [-0.3, -0.25) is 15.4 Å². The first-order valence-corrected chi connectivity index (χ1v) is 8.97. The number of benzene rings is 1. The molecule has 2 heterocycles. The molecule has 1 fully saturated rings. The van der Waals surface area contributed by atoms with E-state index in [1.807, 2.05) is 0 Å². The number of urea groups is 1. The third kappa shape index (κ3) is 4.58. The number of rotatable bonds is 5. The van der Waals surface area contributed by atoms with E-state index in [1.54, 1.807) is 23.2 Å². The quantitative estimate of drug-likeness (QED) is 0.577. The van der Waals surface area contributed by atoms with Crippen LogP contribution in [0, 0.1) is 10.1 Å². The molecule has 1 aromatic heterocycles. The molecule has 10 heteroatoms. The summed E-state index contributed by atoms with van der Waals surface area (Å²) in [7, 11) is 0. The highest BCUT2D eigenvalue weighted by molar-refractivity contribution is 6.44. The van der Waals surface area contributed by atoms with E-state index >= 15 is 0 Å². The fourth-order valence-corrected chi connectivity index (χ4v) is 3.12. The lowest BCUT2D eigenvalue weighted by molar-refractivity contribution is -0.384. The fourth-order valence-electron chi connectivity index (χ4n) is 2.68. The normalized spacial score (nSPS) is 13.5. The number of aromatic nitrogens is 1. The van der Waals surface area contributed by atoms with Crippen molar-refractivity contribution in [1.29, 1.82) is 0 Å². The minimum Gasteiger partial charge on any atom is -0.487 e. The fraction of sp³-hybridized carbons (Fsp3) is 0.294. The van der Waals surface area contributed by atoms with Gasteiger partial charge in [0.25, 0.3) is 5.69 Å². The Hall–Kier alpha value is -2.58. The van der Waals surface area contributed by atoms with Gasteiger partial charge in [-0.2, -0.15) is 0 Å². The van der Waals surface area contributed by atoms with E-state index in [0.717, 1.165) is 31.5 Å². The van der Waals surface area contributed by atoms with Crippen LogP contribution in [0.5, 0.6) is 5.75 Å². The van der Waals surface area contributed by atoms with Gasteiger partial charge in [-0.1, -0.05) is 23.2 Å². The van der Waals surface area contributed by atoms with Crippen molar-refractivity contribution in [1.82, 2.24) is 9.88 Å². The van der Waals surface area contributed by atoms with Crippen LogP contribution in [-0.2, 0) is 6.61 Å². The number of nitro groups is 1. The molecule has 0 bridgehead atoms. The van der Waals surface area contributed by atoms with Crippen LogP contribution in [0.4, 0.5) is 16.3 Å². The van der Waals surface area contributed by atoms with E-state index in [1.165, 1.54) is 12.1 Å². The number of anilines is 1. The Morgan fingerprint density at radius 2 is 2.00 bits per heavy atom. The third-order valence-corrected chi connectivity index (χ3v) is 4.92. The predicted molar refractivity (Wildman–Crippen MR) is 102 cm³/mol. The zero-order valence-corrected chi connectivity index (χ0v) is 15.7. The number of nitrogens with zero attached hydrogens (tertiary/aromatic N) is 3. The molecular formula is C17H16Cl2N4O4. The van der Waals surface area contributed by atoms with Crippen LogP contribution >= 0.6 is 23.2 Å². The van der Waals surface area contributed by atoms with Gasteiger partial charge >= 0.3 is 6.03 Å². The van der Waals surface area contributed by atoms with Crippen molar-refractivity contribution in [2.24, 2.45) is 0 Å². The summed E-state index contributed by atoms with van der Waals surface area (Å²) < 4.78 is 5.61. The molecule has 0 spiro atoms. The first kappa shape index (κ1) is 19.2. The molecule has 142 valence electrons. The summed E-state index contributed by atoms with van der Waals surface area (Å²) in [6.07, 6.45) is 3.57. The summed E-state index contributed by atoms with van der Waals surface area (Å²) in [4.78, 5) is 28.2. The summed E-state index contributed by atoms with van der Waals surface area (Å²) in [6.45, 7) is 1.62. The number of hydrogen-bond donors (Lipinski definition) is 1. The van der Waals surface area contributed by atoms with E-state index < -0.39 is 4.92 Å². The first-order chi connectivity index (χ1) is 13.0. The second kappa shape index (κ2) is 8.41. The number of hydrogen-bond acceptors (Lipinski definition) is 5. The number of carbonyl (C=O) groups is 1. The Labute approximate surface area is 165 Å². The highest BCUT2D eigenvalue weighted by atomic mass is 35.5. The molecule has 27 heavy (non-hydrogen) atoms. The average molecular weight is 411 g/mol. The van der Waals surface area contributed by atoms with Gasteiger partial charge < -0.3 is 9.64 Å². The largest absolute Gasteiger partial charge is 0.487 e. The second-order valence-corrected chi connectivity index (χ2v) is 6.69. The number of nitro benzene ring substituents is 1. The van der Waals surface area contributed by atoms with Gasteiger partial charge in [-0.15, -0.1) is 0 Å². The lowest BCUT2D eigenvalue weighted by Gasteiger charge is -2.16. The first-order valence-electron chi connectivity index (χ1n) is 8.22. The number of halogens is 2. The molecular weight excluding hydrogens is 395 g/mol. The lowest BCUT2D eigenvalue weighted by Crippen LogP contribution is -2.32. The number of ether oxygens (including phenoxy) is 1. The average Bonchev–Trinajstić information content (AvgIpc) is 3.18. The lowest BCUT2D eigenvalue weighted by atomic mass is 10.2. The Morgan fingerprint density at radius 1 is 1.26 bits per heavy atom. The Morgan fingerprint density at radius 3 is 2.70 bits per heavy atom. The Bertz CT molecular complexity index is 872.